The van der Waals surface area contributed by atoms with Crippen LogP contribution in [0.1, 0.15) is 7.43 Å². The molecule has 0 aliphatic rings. The summed E-state index contributed by atoms with van der Waals surface area (Å²) in [5.41, 5.74) is 0. The maximum atomic E-state index is 0. The van der Waals surface area contributed by atoms with Crippen LogP contribution >= 0.6 is 0 Å². The molecular weight excluding hydrogens is 130 g/mol. The molecule has 0 rings (SSSR count). The Morgan fingerprint density at radius 2 is 1.00 bits per heavy atom. The maximum absolute atomic E-state index is 0. The van der Waals surface area contributed by atoms with Gasteiger partial charge in [-0.25, -0.2) is 0 Å². The second kappa shape index (κ2) is 16.4. The van der Waals surface area contributed by atoms with Crippen molar-refractivity contribution in [3.63, 3.8) is 0 Å². The summed E-state index contributed by atoms with van der Waals surface area (Å²) >= 11 is 0. The fourth-order valence-electron chi connectivity index (χ4n) is 0. The molecule has 0 bridgehead atoms. The summed E-state index contributed by atoms with van der Waals surface area (Å²) in [7, 11) is 0. The minimum absolute atomic E-state index is 0. The first-order valence-electron chi connectivity index (χ1n) is 0. The summed E-state index contributed by atoms with van der Waals surface area (Å²) < 4.78 is 0. The zero-order chi connectivity index (χ0) is 0. The Hall–Kier alpha value is 3.16. The van der Waals surface area contributed by atoms with Gasteiger partial charge in [0.25, 0.3) is 0 Å². The van der Waals surface area contributed by atoms with Crippen LogP contribution in [0.5, 0.6) is 0 Å². The number of hydrogen-bond donors (Lipinski definition) is 0. The van der Waals surface area contributed by atoms with Crippen LogP contribution in [0.3, 0.4) is 0 Å². The molecule has 0 nitrogen and oxygen atoms in total. The van der Waals surface area contributed by atoms with Crippen molar-refractivity contribution >= 4 is 80.9 Å². The number of rotatable bonds is 0. The van der Waals surface area contributed by atoms with Crippen LogP contribution < -0.4 is 0 Å². The molecule has 0 aromatic rings. The minimum atomic E-state index is 0. The quantitative estimate of drug-likeness (QED) is 0.387. The second-order valence-corrected chi connectivity index (χ2v) is 0. The SMILES string of the molecule is C.[Fe].[KH].[NaH]. The Kier molecular flexibility index (Phi) is 112. The molecule has 0 N–H and O–H groups in total. The molecule has 20 valence electrons. The van der Waals surface area contributed by atoms with Crippen molar-refractivity contribution in [2.24, 2.45) is 0 Å². The summed E-state index contributed by atoms with van der Waals surface area (Å²) in [5.74, 6) is 0. The van der Waals surface area contributed by atoms with Gasteiger partial charge in [-0.1, -0.05) is 7.43 Å². The van der Waals surface area contributed by atoms with Gasteiger partial charge in [0, 0.05) is 17.1 Å². The normalized spacial score (nSPS) is 0. The first-order chi connectivity index (χ1) is 0. The molecule has 0 saturated carbocycles. The van der Waals surface area contributed by atoms with E-state index >= 15 is 0 Å². The van der Waals surface area contributed by atoms with E-state index < -0.39 is 0 Å². The molecular formula is CH6FeKNa. The molecule has 0 aromatic heterocycles. The van der Waals surface area contributed by atoms with Crippen LogP contribution in [0.25, 0.3) is 0 Å². The molecule has 0 aliphatic carbocycles. The first kappa shape index (κ1) is 27.2. The first-order valence-corrected chi connectivity index (χ1v) is 0. The fraction of sp³-hybridized carbons (Fsp3) is 1.00. The molecule has 4 heavy (non-hydrogen) atoms. The standard InChI is InChI=1S/CH4.Fe.K.Na.2H/h1H4;;;;;. The summed E-state index contributed by atoms with van der Waals surface area (Å²) in [5, 5.41) is 0. The van der Waals surface area contributed by atoms with Gasteiger partial charge in [0.2, 0.25) is 0 Å². The van der Waals surface area contributed by atoms with Crippen molar-refractivity contribution in [3.8, 4) is 0 Å². The van der Waals surface area contributed by atoms with E-state index in [-0.39, 0.29) is 105 Å². The van der Waals surface area contributed by atoms with Crippen molar-refractivity contribution in [3.05, 3.63) is 0 Å². The van der Waals surface area contributed by atoms with Gasteiger partial charge >= 0.3 is 80.9 Å². The number of hydrogen-bond acceptors (Lipinski definition) is 0. The Bertz CT molecular complexity index is 8.00. The molecule has 0 unspecified atom stereocenters. The zero-order valence-corrected chi connectivity index (χ0v) is 1.46. The zero-order valence-electron chi connectivity index (χ0n) is 0.354. The third-order valence-corrected chi connectivity index (χ3v) is 0. The second-order valence-electron chi connectivity index (χ2n) is 0. The van der Waals surface area contributed by atoms with Crippen LogP contribution in [0.4, 0.5) is 0 Å². The van der Waals surface area contributed by atoms with Crippen molar-refractivity contribution in [1.82, 2.24) is 0 Å². The van der Waals surface area contributed by atoms with Gasteiger partial charge in [-0.05, 0) is 0 Å². The Morgan fingerprint density at radius 3 is 1.00 bits per heavy atom. The van der Waals surface area contributed by atoms with Gasteiger partial charge in [0.05, 0.1) is 0 Å². The van der Waals surface area contributed by atoms with E-state index in [0.717, 1.165) is 0 Å². The van der Waals surface area contributed by atoms with E-state index in [4.69, 9.17) is 0 Å². The van der Waals surface area contributed by atoms with E-state index in [1.165, 1.54) is 0 Å². The Balaban J connectivity index is 0. The van der Waals surface area contributed by atoms with E-state index in [2.05, 4.69) is 0 Å². The van der Waals surface area contributed by atoms with E-state index in [9.17, 15) is 0 Å². The third-order valence-electron chi connectivity index (χ3n) is 0. The summed E-state index contributed by atoms with van der Waals surface area (Å²) in [6.45, 7) is 0. The molecule has 0 aliphatic heterocycles. The topological polar surface area (TPSA) is 0 Å². The van der Waals surface area contributed by atoms with E-state index in [1.807, 2.05) is 0 Å². The average Bonchev–Trinajstić information content (AvgIpc) is 0. The van der Waals surface area contributed by atoms with Gasteiger partial charge in [-0.3, -0.25) is 0 Å². The van der Waals surface area contributed by atoms with Gasteiger partial charge in [0.1, 0.15) is 0 Å². The molecule has 0 fully saturated rings. The molecule has 0 spiro atoms. The molecule has 0 saturated heterocycles. The van der Waals surface area contributed by atoms with Crippen LogP contribution in [-0.4, -0.2) is 80.9 Å². The van der Waals surface area contributed by atoms with Crippen LogP contribution in [0.2, 0.25) is 0 Å². The van der Waals surface area contributed by atoms with Gasteiger partial charge in [-0.15, -0.1) is 0 Å². The Morgan fingerprint density at radius 1 is 1.00 bits per heavy atom. The van der Waals surface area contributed by atoms with Gasteiger partial charge < -0.3 is 0 Å². The molecule has 0 radical (unpaired) electrons. The predicted molar refractivity (Wildman–Crippen MR) is 21.0 cm³/mol. The van der Waals surface area contributed by atoms with Crippen molar-refractivity contribution < 1.29 is 17.1 Å². The van der Waals surface area contributed by atoms with Crippen LogP contribution in [0.15, 0.2) is 0 Å². The van der Waals surface area contributed by atoms with E-state index in [0.29, 0.717) is 0 Å². The molecule has 0 amide bonds. The fourth-order valence-corrected chi connectivity index (χ4v) is 0. The average molecular weight is 136 g/mol. The summed E-state index contributed by atoms with van der Waals surface area (Å²) in [6, 6.07) is 0. The monoisotopic (exact) mass is 136 g/mol. The van der Waals surface area contributed by atoms with Gasteiger partial charge in [0.15, 0.2) is 0 Å². The summed E-state index contributed by atoms with van der Waals surface area (Å²) in [4.78, 5) is 0. The van der Waals surface area contributed by atoms with Crippen LogP contribution in [-0.2, 0) is 17.1 Å². The molecule has 0 atom stereocenters. The third kappa shape index (κ3) is 8.94. The van der Waals surface area contributed by atoms with Crippen molar-refractivity contribution in [1.29, 1.82) is 0 Å². The van der Waals surface area contributed by atoms with E-state index in [1.54, 1.807) is 0 Å². The van der Waals surface area contributed by atoms with Crippen molar-refractivity contribution in [2.75, 3.05) is 0 Å². The molecule has 3 heteroatoms. The predicted octanol–water partition coefficient (Wildman–Crippen LogP) is -0.663. The molecule has 0 aromatic carbocycles. The molecule has 0 heterocycles. The van der Waals surface area contributed by atoms with Crippen LogP contribution in [0, 0.1) is 0 Å². The van der Waals surface area contributed by atoms with Crippen molar-refractivity contribution in [2.45, 2.75) is 7.43 Å². The Labute approximate surface area is 103 Å². The van der Waals surface area contributed by atoms with Gasteiger partial charge in [-0.2, -0.15) is 0 Å². The summed E-state index contributed by atoms with van der Waals surface area (Å²) in [6.07, 6.45) is 0.